The molecule has 0 amide bonds. The molecule has 2 unspecified atom stereocenters. The monoisotopic (exact) mass is 440 g/mol. The molecule has 0 saturated heterocycles. The lowest BCUT2D eigenvalue weighted by Gasteiger charge is -2.21. The van der Waals surface area contributed by atoms with Gasteiger partial charge >= 0.3 is 17.9 Å². The highest BCUT2D eigenvalue weighted by atomic mass is 16.5. The van der Waals surface area contributed by atoms with Gasteiger partial charge in [0, 0.05) is 19.4 Å². The fourth-order valence-corrected chi connectivity index (χ4v) is 3.72. The van der Waals surface area contributed by atoms with Gasteiger partial charge in [0.1, 0.15) is 23.4 Å². The fourth-order valence-electron chi connectivity index (χ4n) is 3.72. The van der Waals surface area contributed by atoms with Crippen molar-refractivity contribution >= 4 is 39.8 Å². The number of carboxylic acid groups (broad SMARTS) is 1. The van der Waals surface area contributed by atoms with E-state index in [1.165, 1.54) is 32.0 Å². The van der Waals surface area contributed by atoms with Crippen LogP contribution in [-0.4, -0.2) is 23.0 Å². The van der Waals surface area contributed by atoms with Gasteiger partial charge in [-0.25, -0.2) is 4.79 Å². The summed E-state index contributed by atoms with van der Waals surface area (Å²) in [6.45, 7) is 6.26. The molecular weight excluding hydrogens is 416 g/mol. The molecule has 3 rings (SSSR count). The third-order valence-corrected chi connectivity index (χ3v) is 5.14. The second kappa shape index (κ2) is 9.21. The van der Waals surface area contributed by atoms with E-state index in [1.807, 2.05) is 13.8 Å². The van der Waals surface area contributed by atoms with Crippen molar-refractivity contribution in [3.63, 3.8) is 0 Å². The predicted octanol–water partition coefficient (Wildman–Crippen LogP) is 4.67. The number of benzene rings is 2. The van der Waals surface area contributed by atoms with Crippen LogP contribution in [0.15, 0.2) is 39.5 Å². The minimum absolute atomic E-state index is 0.0433. The number of carbonyl (C=O) groups excluding carboxylic acids is 2. The number of fused-ring (bicyclic) bond motifs is 2. The van der Waals surface area contributed by atoms with Crippen LogP contribution in [0.5, 0.6) is 0 Å². The summed E-state index contributed by atoms with van der Waals surface area (Å²) in [7, 11) is 0. The maximum absolute atomic E-state index is 13.4. The molecule has 1 N–H and O–H groups in total. The maximum atomic E-state index is 13.4. The summed E-state index contributed by atoms with van der Waals surface area (Å²) in [5.74, 6) is -2.12. The molecule has 3 aromatic rings. The van der Waals surface area contributed by atoms with E-state index in [-0.39, 0.29) is 27.5 Å². The van der Waals surface area contributed by atoms with Gasteiger partial charge in [-0.15, -0.1) is 0 Å². The summed E-state index contributed by atoms with van der Waals surface area (Å²) in [4.78, 5) is 48.0. The molecule has 0 bridgehead atoms. The van der Waals surface area contributed by atoms with E-state index in [1.54, 1.807) is 12.1 Å². The van der Waals surface area contributed by atoms with Crippen molar-refractivity contribution in [2.24, 2.45) is 0 Å². The highest BCUT2D eigenvalue weighted by Crippen LogP contribution is 2.34. The van der Waals surface area contributed by atoms with Gasteiger partial charge in [0.15, 0.2) is 0 Å². The number of carboxylic acids is 1. The Balaban J connectivity index is 2.39. The Morgan fingerprint density at radius 1 is 0.938 bits per heavy atom. The molecule has 0 aliphatic rings. The van der Waals surface area contributed by atoms with Gasteiger partial charge < -0.3 is 19.0 Å². The van der Waals surface area contributed by atoms with Gasteiger partial charge in [0.25, 0.3) is 0 Å². The molecule has 2 aromatic carbocycles. The summed E-state index contributed by atoms with van der Waals surface area (Å²) in [5, 5.41) is 9.58. The van der Waals surface area contributed by atoms with Gasteiger partial charge in [-0.1, -0.05) is 13.8 Å². The smallest absolute Gasteiger partial charge is 0.335 e. The van der Waals surface area contributed by atoms with Crippen molar-refractivity contribution in [1.82, 2.24) is 0 Å². The van der Waals surface area contributed by atoms with Crippen LogP contribution in [0.1, 0.15) is 74.2 Å². The predicted molar refractivity (Wildman–Crippen MR) is 117 cm³/mol. The summed E-state index contributed by atoms with van der Waals surface area (Å²) in [5.41, 5.74) is 1.01. The molecule has 0 spiro atoms. The lowest BCUT2D eigenvalue weighted by molar-refractivity contribution is -0.147. The molecule has 2 atom stereocenters. The first-order valence-corrected chi connectivity index (χ1v) is 10.3. The Labute approximate surface area is 183 Å². The average Bonchev–Trinajstić information content (AvgIpc) is 2.75. The number of hydrogen-bond donors (Lipinski definition) is 1. The lowest BCUT2D eigenvalue weighted by atomic mass is 9.96. The Morgan fingerprint density at radius 2 is 1.56 bits per heavy atom. The number of aromatic carboxylic acids is 1. The molecule has 0 saturated carbocycles. The average molecular weight is 440 g/mol. The second-order valence-corrected chi connectivity index (χ2v) is 7.45. The third kappa shape index (κ3) is 4.49. The number of ether oxygens (including phenoxy) is 2. The van der Waals surface area contributed by atoms with Crippen LogP contribution in [0.3, 0.4) is 0 Å². The molecule has 1 heterocycles. The Kier molecular flexibility index (Phi) is 6.62. The number of esters is 2. The van der Waals surface area contributed by atoms with Crippen LogP contribution in [0, 0.1) is 0 Å². The van der Waals surface area contributed by atoms with Gasteiger partial charge in [-0.3, -0.25) is 14.4 Å². The van der Waals surface area contributed by atoms with E-state index in [2.05, 4.69) is 0 Å². The highest BCUT2D eigenvalue weighted by molar-refractivity contribution is 5.96. The van der Waals surface area contributed by atoms with Crippen LogP contribution in [-0.2, 0) is 19.1 Å². The summed E-state index contributed by atoms with van der Waals surface area (Å²) in [6, 6.07) is 7.34. The van der Waals surface area contributed by atoms with Gasteiger partial charge in [0.05, 0.1) is 16.3 Å². The molecule has 1 aromatic heterocycles. The maximum Gasteiger partial charge on any atom is 0.335 e. The number of rotatable bonds is 7. The van der Waals surface area contributed by atoms with Crippen LogP contribution in [0.4, 0.5) is 0 Å². The zero-order chi connectivity index (χ0) is 23.6. The van der Waals surface area contributed by atoms with Crippen molar-refractivity contribution in [2.45, 2.75) is 52.7 Å². The molecule has 8 heteroatoms. The lowest BCUT2D eigenvalue weighted by Crippen LogP contribution is -2.14. The van der Waals surface area contributed by atoms with Crippen LogP contribution in [0.25, 0.3) is 21.9 Å². The quantitative estimate of drug-likeness (QED) is 0.416. The van der Waals surface area contributed by atoms with Crippen LogP contribution >= 0.6 is 0 Å². The van der Waals surface area contributed by atoms with Crippen molar-refractivity contribution in [3.8, 4) is 0 Å². The number of carbonyl (C=O) groups is 3. The molecule has 0 fully saturated rings. The van der Waals surface area contributed by atoms with Crippen molar-refractivity contribution < 1.29 is 33.4 Å². The number of hydrogen-bond acceptors (Lipinski definition) is 7. The van der Waals surface area contributed by atoms with Crippen LogP contribution in [0.2, 0.25) is 0 Å². The minimum atomic E-state index is -1.16. The van der Waals surface area contributed by atoms with Crippen molar-refractivity contribution in [1.29, 1.82) is 0 Å². The van der Waals surface area contributed by atoms with Gasteiger partial charge in [-0.2, -0.15) is 0 Å². The normalized spacial score (nSPS) is 13.0. The Morgan fingerprint density at radius 3 is 2.12 bits per heavy atom. The summed E-state index contributed by atoms with van der Waals surface area (Å²) in [6.07, 6.45) is -0.436. The van der Waals surface area contributed by atoms with Gasteiger partial charge in [0.2, 0.25) is 5.43 Å². The van der Waals surface area contributed by atoms with Crippen molar-refractivity contribution in [2.75, 3.05) is 0 Å². The zero-order valence-electron chi connectivity index (χ0n) is 18.3. The van der Waals surface area contributed by atoms with Crippen LogP contribution < -0.4 is 5.43 Å². The Hall–Kier alpha value is -3.68. The summed E-state index contributed by atoms with van der Waals surface area (Å²) >= 11 is 0. The molecule has 0 radical (unpaired) electrons. The Bertz CT molecular complexity index is 1270. The highest BCUT2D eigenvalue weighted by Gasteiger charge is 2.24. The van der Waals surface area contributed by atoms with E-state index < -0.39 is 35.5 Å². The van der Waals surface area contributed by atoms with E-state index in [0.29, 0.717) is 24.0 Å². The fraction of sp³-hybridized carbons (Fsp3) is 0.333. The van der Waals surface area contributed by atoms with E-state index >= 15 is 0 Å². The van der Waals surface area contributed by atoms with Gasteiger partial charge in [-0.05, 0) is 48.7 Å². The second-order valence-electron chi connectivity index (χ2n) is 7.45. The molecule has 0 aliphatic heterocycles. The molecular formula is C24H24O8. The standard InChI is InChI=1S/C24H24O8/c1-5-19(30-12(3)25)15-10-17(20(6-2)31-13(4)26)23-18(11-15)22(27)16-9-14(24(28)29)7-8-21(16)32-23/h7-11,19-20H,5-6H2,1-4H3,(H,28,29). The summed E-state index contributed by atoms with van der Waals surface area (Å²) < 4.78 is 16.9. The first-order valence-electron chi connectivity index (χ1n) is 10.3. The zero-order valence-corrected chi connectivity index (χ0v) is 18.3. The van der Waals surface area contributed by atoms with E-state index in [0.717, 1.165) is 0 Å². The van der Waals surface area contributed by atoms with E-state index in [4.69, 9.17) is 13.9 Å². The van der Waals surface area contributed by atoms with E-state index in [9.17, 15) is 24.3 Å². The first-order chi connectivity index (χ1) is 15.2. The topological polar surface area (TPSA) is 120 Å². The SMILES string of the molecule is CCC(OC(C)=O)c1cc(C(CC)OC(C)=O)c2oc3ccc(C(=O)O)cc3c(=O)c2c1. The minimum Gasteiger partial charge on any atom is -0.478 e. The third-order valence-electron chi connectivity index (χ3n) is 5.14. The first kappa shape index (κ1) is 23.0. The molecule has 168 valence electrons. The molecule has 0 aliphatic carbocycles. The molecule has 32 heavy (non-hydrogen) atoms. The largest absolute Gasteiger partial charge is 0.478 e. The molecule has 8 nitrogen and oxygen atoms in total. The van der Waals surface area contributed by atoms with Crippen molar-refractivity contribution in [3.05, 3.63) is 57.2 Å².